The molecule has 4 heteroatoms. The van der Waals surface area contributed by atoms with Crippen molar-refractivity contribution in [2.45, 2.75) is 32.7 Å². The maximum Gasteiger partial charge on any atom is 0.272 e. The molecule has 0 saturated heterocycles. The van der Waals surface area contributed by atoms with Gasteiger partial charge in [0, 0.05) is 18.0 Å². The number of fused-ring (bicyclic) bond motifs is 1. The van der Waals surface area contributed by atoms with Gasteiger partial charge in [-0.3, -0.25) is 4.79 Å². The average molecular weight is 298 g/mol. The van der Waals surface area contributed by atoms with Crippen molar-refractivity contribution in [1.29, 1.82) is 0 Å². The van der Waals surface area contributed by atoms with E-state index < -0.39 is 0 Å². The van der Waals surface area contributed by atoms with E-state index in [1.54, 1.807) is 7.11 Å². The predicted octanol–water partition coefficient (Wildman–Crippen LogP) is 3.50. The quantitative estimate of drug-likeness (QED) is 0.848. The van der Waals surface area contributed by atoms with Gasteiger partial charge in [-0.25, -0.2) is 4.98 Å². The number of hydrogen-bond donors (Lipinski definition) is 0. The first-order chi connectivity index (χ1) is 10.6. The number of ether oxygens (including phenoxy) is 1. The molecule has 3 rings (SSSR count). The molecule has 0 bridgehead atoms. The fraction of sp³-hybridized carbons (Fsp3) is 0.444. The number of hydrogen-bond acceptors (Lipinski definition) is 3. The molecule has 116 valence electrons. The van der Waals surface area contributed by atoms with Gasteiger partial charge in [0.1, 0.15) is 11.4 Å². The zero-order chi connectivity index (χ0) is 15.7. The average Bonchev–Trinajstić information content (AvgIpc) is 3.35. The minimum atomic E-state index is 0.0499. The number of nitrogens with zero attached hydrogens (tertiary/aromatic N) is 2. The van der Waals surface area contributed by atoms with E-state index in [0.717, 1.165) is 36.0 Å². The molecule has 0 aliphatic heterocycles. The number of aromatic nitrogens is 1. The number of rotatable bonds is 5. The highest BCUT2D eigenvalue weighted by Gasteiger charge is 2.33. The zero-order valence-electron chi connectivity index (χ0n) is 13.4. The van der Waals surface area contributed by atoms with Gasteiger partial charge in [0.2, 0.25) is 0 Å². The summed E-state index contributed by atoms with van der Waals surface area (Å²) < 4.78 is 5.22. The monoisotopic (exact) mass is 298 g/mol. The van der Waals surface area contributed by atoms with Crippen LogP contribution in [0.5, 0.6) is 5.75 Å². The van der Waals surface area contributed by atoms with Crippen LogP contribution in [0.25, 0.3) is 10.9 Å². The van der Waals surface area contributed by atoms with E-state index in [9.17, 15) is 4.79 Å². The third-order valence-corrected chi connectivity index (χ3v) is 3.93. The number of benzene rings is 1. The molecule has 1 aromatic carbocycles. The molecule has 0 spiro atoms. The maximum atomic E-state index is 12.8. The second kappa shape index (κ2) is 5.95. The first-order valence-corrected chi connectivity index (χ1v) is 7.84. The van der Waals surface area contributed by atoms with E-state index >= 15 is 0 Å². The summed E-state index contributed by atoms with van der Waals surface area (Å²) in [5.74, 6) is 1.32. The van der Waals surface area contributed by atoms with Crippen LogP contribution in [0.4, 0.5) is 0 Å². The number of carbonyl (C=O) groups is 1. The van der Waals surface area contributed by atoms with Crippen LogP contribution in [0.3, 0.4) is 0 Å². The normalized spacial score (nSPS) is 14.4. The van der Waals surface area contributed by atoms with Crippen LogP contribution in [0.1, 0.15) is 37.2 Å². The van der Waals surface area contributed by atoms with Gasteiger partial charge >= 0.3 is 0 Å². The van der Waals surface area contributed by atoms with Crippen LogP contribution < -0.4 is 4.74 Å². The third-order valence-electron chi connectivity index (χ3n) is 3.93. The van der Waals surface area contributed by atoms with Crippen LogP contribution in [-0.4, -0.2) is 35.5 Å². The smallest absolute Gasteiger partial charge is 0.272 e. The van der Waals surface area contributed by atoms with Gasteiger partial charge in [-0.05, 0) is 43.0 Å². The Morgan fingerprint density at radius 1 is 1.32 bits per heavy atom. The summed E-state index contributed by atoms with van der Waals surface area (Å²) in [7, 11) is 1.64. The topological polar surface area (TPSA) is 42.4 Å². The maximum absolute atomic E-state index is 12.8. The number of pyridine rings is 1. The Bertz CT molecular complexity index is 693. The molecule has 2 aromatic rings. The predicted molar refractivity (Wildman–Crippen MR) is 87.2 cm³/mol. The lowest BCUT2D eigenvalue weighted by molar-refractivity contribution is 0.0717. The summed E-state index contributed by atoms with van der Waals surface area (Å²) in [5, 5.41) is 0.984. The Labute approximate surface area is 131 Å². The van der Waals surface area contributed by atoms with Crippen molar-refractivity contribution in [2.24, 2.45) is 5.92 Å². The minimum Gasteiger partial charge on any atom is -0.497 e. The highest BCUT2D eigenvalue weighted by atomic mass is 16.5. The summed E-state index contributed by atoms with van der Waals surface area (Å²) in [5.41, 5.74) is 1.36. The van der Waals surface area contributed by atoms with Gasteiger partial charge < -0.3 is 9.64 Å². The molecular formula is C18H22N2O2. The summed E-state index contributed by atoms with van der Waals surface area (Å²) in [4.78, 5) is 19.3. The van der Waals surface area contributed by atoms with Crippen LogP contribution in [0.2, 0.25) is 0 Å². The Morgan fingerprint density at radius 3 is 2.73 bits per heavy atom. The third kappa shape index (κ3) is 3.06. The highest BCUT2D eigenvalue weighted by molar-refractivity contribution is 5.95. The molecule has 1 aliphatic carbocycles. The number of methoxy groups -OCH3 is 1. The number of carbonyl (C=O) groups excluding carboxylic acids is 1. The van der Waals surface area contributed by atoms with E-state index in [0.29, 0.717) is 17.7 Å². The summed E-state index contributed by atoms with van der Waals surface area (Å²) in [6.07, 6.45) is 2.23. The van der Waals surface area contributed by atoms with Gasteiger partial charge in [0.05, 0.1) is 12.6 Å². The molecule has 0 atom stereocenters. The fourth-order valence-electron chi connectivity index (χ4n) is 2.67. The van der Waals surface area contributed by atoms with Gasteiger partial charge in [0.25, 0.3) is 5.91 Å². The van der Waals surface area contributed by atoms with E-state index in [1.165, 1.54) is 0 Å². The molecule has 0 radical (unpaired) electrons. The van der Waals surface area contributed by atoms with Crippen molar-refractivity contribution in [3.05, 3.63) is 36.0 Å². The van der Waals surface area contributed by atoms with E-state index in [1.807, 2.05) is 35.2 Å². The first-order valence-electron chi connectivity index (χ1n) is 7.84. The van der Waals surface area contributed by atoms with E-state index in [2.05, 4.69) is 18.8 Å². The summed E-state index contributed by atoms with van der Waals surface area (Å²) in [6, 6.07) is 9.87. The molecule has 0 unspecified atom stereocenters. The fourth-order valence-corrected chi connectivity index (χ4v) is 2.67. The Kier molecular flexibility index (Phi) is 4.01. The lowest BCUT2D eigenvalue weighted by atomic mass is 10.1. The standard InChI is InChI=1S/C18H22N2O2/c1-12(2)11-20(14-5-6-14)18(21)17-8-4-13-10-15(22-3)7-9-16(13)19-17/h4,7-10,12,14H,5-6,11H2,1-3H3. The molecule has 4 nitrogen and oxygen atoms in total. The lowest BCUT2D eigenvalue weighted by Gasteiger charge is -2.24. The largest absolute Gasteiger partial charge is 0.497 e. The molecule has 1 amide bonds. The van der Waals surface area contributed by atoms with Crippen LogP contribution in [0.15, 0.2) is 30.3 Å². The van der Waals surface area contributed by atoms with Crippen molar-refractivity contribution in [3.8, 4) is 5.75 Å². The lowest BCUT2D eigenvalue weighted by Crippen LogP contribution is -2.36. The van der Waals surface area contributed by atoms with Gasteiger partial charge in [-0.1, -0.05) is 19.9 Å². The van der Waals surface area contributed by atoms with Crippen molar-refractivity contribution in [1.82, 2.24) is 9.88 Å². The van der Waals surface area contributed by atoms with E-state index in [4.69, 9.17) is 4.74 Å². The van der Waals surface area contributed by atoms with Gasteiger partial charge in [-0.2, -0.15) is 0 Å². The molecular weight excluding hydrogens is 276 g/mol. The zero-order valence-corrected chi connectivity index (χ0v) is 13.4. The second-order valence-corrected chi connectivity index (χ2v) is 6.34. The van der Waals surface area contributed by atoms with Crippen molar-refractivity contribution in [3.63, 3.8) is 0 Å². The van der Waals surface area contributed by atoms with E-state index in [-0.39, 0.29) is 5.91 Å². The number of amides is 1. The summed E-state index contributed by atoms with van der Waals surface area (Å²) >= 11 is 0. The summed E-state index contributed by atoms with van der Waals surface area (Å²) in [6.45, 7) is 5.08. The molecule has 1 fully saturated rings. The molecule has 1 aromatic heterocycles. The van der Waals surface area contributed by atoms with Crippen LogP contribution in [-0.2, 0) is 0 Å². The molecule has 1 saturated carbocycles. The second-order valence-electron chi connectivity index (χ2n) is 6.34. The van der Waals surface area contributed by atoms with Crippen LogP contribution in [0, 0.1) is 5.92 Å². The van der Waals surface area contributed by atoms with Crippen molar-refractivity contribution in [2.75, 3.05) is 13.7 Å². The molecule has 0 N–H and O–H groups in total. The Morgan fingerprint density at radius 2 is 2.09 bits per heavy atom. The molecule has 22 heavy (non-hydrogen) atoms. The van der Waals surface area contributed by atoms with Gasteiger partial charge in [-0.15, -0.1) is 0 Å². The van der Waals surface area contributed by atoms with Crippen molar-refractivity contribution >= 4 is 16.8 Å². The Hall–Kier alpha value is -2.10. The van der Waals surface area contributed by atoms with Crippen LogP contribution >= 0.6 is 0 Å². The van der Waals surface area contributed by atoms with Gasteiger partial charge in [0.15, 0.2) is 0 Å². The highest BCUT2D eigenvalue weighted by Crippen LogP contribution is 2.29. The minimum absolute atomic E-state index is 0.0499. The van der Waals surface area contributed by atoms with Crippen molar-refractivity contribution < 1.29 is 9.53 Å². The molecule has 1 aliphatic rings. The molecule has 1 heterocycles. The Balaban J connectivity index is 1.89. The first kappa shape index (κ1) is 14.8. The SMILES string of the molecule is COc1ccc2nc(C(=O)N(CC(C)C)C3CC3)ccc2c1.